The molecule has 3 rings (SSSR count). The zero-order valence-corrected chi connectivity index (χ0v) is 16.2. The van der Waals surface area contributed by atoms with Gasteiger partial charge in [0.25, 0.3) is 0 Å². The molecule has 6 heteroatoms. The first-order valence-corrected chi connectivity index (χ1v) is 9.25. The maximum Gasteiger partial charge on any atom is 0.364 e. The van der Waals surface area contributed by atoms with E-state index >= 15 is 0 Å². The van der Waals surface area contributed by atoms with E-state index in [1.165, 1.54) is 11.6 Å². The van der Waals surface area contributed by atoms with Crippen molar-refractivity contribution in [1.29, 1.82) is 0 Å². The zero-order valence-electron chi connectivity index (χ0n) is 16.2. The number of nitrogens with zero attached hydrogens (tertiary/aromatic N) is 2. The van der Waals surface area contributed by atoms with E-state index in [9.17, 15) is 4.79 Å². The molecular formula is C22H23N3O3. The molecule has 0 radical (unpaired) electrons. The van der Waals surface area contributed by atoms with Crippen LogP contribution in [-0.4, -0.2) is 17.9 Å². The van der Waals surface area contributed by atoms with E-state index < -0.39 is 5.97 Å². The molecule has 0 aliphatic heterocycles. The molecule has 0 saturated heterocycles. The van der Waals surface area contributed by atoms with Crippen LogP contribution < -0.4 is 10.5 Å². The van der Waals surface area contributed by atoms with Crippen molar-refractivity contribution in [2.24, 2.45) is 10.9 Å². The molecule has 0 heterocycles. The summed E-state index contributed by atoms with van der Waals surface area (Å²) >= 11 is 0. The molecule has 0 aromatic heterocycles. The van der Waals surface area contributed by atoms with Gasteiger partial charge in [-0.3, -0.25) is 0 Å². The SMILES string of the molecule is [C-]#[N+]c1cc(C(=O)O/N=C(\N)c2cccc3c2CC[C@@H]3C)ccc1OC(C)C. The van der Waals surface area contributed by atoms with Crippen LogP contribution in [0.25, 0.3) is 4.85 Å². The van der Waals surface area contributed by atoms with Gasteiger partial charge in [-0.05, 0) is 61.9 Å². The Labute approximate surface area is 164 Å². The third-order valence-electron chi connectivity index (χ3n) is 4.75. The van der Waals surface area contributed by atoms with Gasteiger partial charge < -0.3 is 15.3 Å². The third-order valence-corrected chi connectivity index (χ3v) is 4.75. The lowest BCUT2D eigenvalue weighted by atomic mass is 9.99. The summed E-state index contributed by atoms with van der Waals surface area (Å²) in [5, 5.41) is 3.84. The van der Waals surface area contributed by atoms with Crippen LogP contribution in [0, 0.1) is 6.57 Å². The summed E-state index contributed by atoms with van der Waals surface area (Å²) in [6.07, 6.45) is 1.93. The summed E-state index contributed by atoms with van der Waals surface area (Å²) in [6.45, 7) is 13.2. The van der Waals surface area contributed by atoms with E-state index in [1.807, 2.05) is 26.0 Å². The lowest BCUT2D eigenvalue weighted by Gasteiger charge is -2.12. The molecule has 0 fully saturated rings. The second kappa shape index (κ2) is 8.13. The van der Waals surface area contributed by atoms with Crippen molar-refractivity contribution in [3.63, 3.8) is 0 Å². The van der Waals surface area contributed by atoms with E-state index in [-0.39, 0.29) is 23.2 Å². The smallest absolute Gasteiger partial charge is 0.364 e. The first-order valence-electron chi connectivity index (χ1n) is 9.25. The van der Waals surface area contributed by atoms with Crippen molar-refractivity contribution in [2.45, 2.75) is 45.6 Å². The zero-order chi connectivity index (χ0) is 20.3. The van der Waals surface area contributed by atoms with Crippen LogP contribution in [0.4, 0.5) is 5.69 Å². The standard InChI is InChI=1S/C22H23N3O3/c1-13(2)27-20-11-9-15(12-19(20)24-4)22(26)28-25-21(23)18-7-5-6-16-14(3)8-10-17(16)18/h5-7,9,11-14H,8,10H2,1-3H3,(H2,23,25)/t14-/m0/s1. The van der Waals surface area contributed by atoms with E-state index in [0.29, 0.717) is 11.7 Å². The maximum atomic E-state index is 12.3. The van der Waals surface area contributed by atoms with Crippen LogP contribution >= 0.6 is 0 Å². The lowest BCUT2D eigenvalue weighted by molar-refractivity contribution is 0.0516. The Kier molecular flexibility index (Phi) is 5.65. The van der Waals surface area contributed by atoms with E-state index in [0.717, 1.165) is 24.0 Å². The maximum absolute atomic E-state index is 12.3. The highest BCUT2D eigenvalue weighted by Crippen LogP contribution is 2.34. The van der Waals surface area contributed by atoms with Crippen LogP contribution in [0.5, 0.6) is 5.75 Å². The number of amidine groups is 1. The number of nitrogens with two attached hydrogens (primary N) is 1. The molecule has 0 bridgehead atoms. The molecule has 0 amide bonds. The largest absolute Gasteiger partial charge is 0.502 e. The van der Waals surface area contributed by atoms with Crippen LogP contribution in [0.2, 0.25) is 0 Å². The van der Waals surface area contributed by atoms with Crippen molar-refractivity contribution in [2.75, 3.05) is 0 Å². The Bertz CT molecular complexity index is 973. The molecule has 6 nitrogen and oxygen atoms in total. The third kappa shape index (κ3) is 3.99. The Morgan fingerprint density at radius 2 is 2.11 bits per heavy atom. The average molecular weight is 377 g/mol. The highest BCUT2D eigenvalue weighted by Gasteiger charge is 2.22. The van der Waals surface area contributed by atoms with Crippen molar-refractivity contribution in [1.82, 2.24) is 0 Å². The van der Waals surface area contributed by atoms with Gasteiger partial charge in [-0.2, -0.15) is 0 Å². The summed E-state index contributed by atoms with van der Waals surface area (Å²) in [5.74, 6) is 0.414. The molecule has 28 heavy (non-hydrogen) atoms. The second-order valence-electron chi connectivity index (χ2n) is 7.13. The predicted molar refractivity (Wildman–Crippen MR) is 108 cm³/mol. The average Bonchev–Trinajstić information content (AvgIpc) is 3.07. The number of carbonyl (C=O) groups is 1. The first kappa shape index (κ1) is 19.4. The van der Waals surface area contributed by atoms with Crippen molar-refractivity contribution in [3.8, 4) is 5.75 Å². The lowest BCUT2D eigenvalue weighted by Crippen LogP contribution is -2.17. The Hall–Kier alpha value is -3.33. The Morgan fingerprint density at radius 1 is 1.32 bits per heavy atom. The van der Waals surface area contributed by atoms with Crippen molar-refractivity contribution in [3.05, 3.63) is 70.1 Å². The number of oxime groups is 1. The Balaban J connectivity index is 1.78. The quantitative estimate of drug-likeness (QED) is 0.273. The molecule has 1 atom stereocenters. The summed E-state index contributed by atoms with van der Waals surface area (Å²) in [4.78, 5) is 20.8. The number of benzene rings is 2. The Morgan fingerprint density at radius 3 is 2.82 bits per heavy atom. The topological polar surface area (TPSA) is 78.3 Å². The summed E-state index contributed by atoms with van der Waals surface area (Å²) < 4.78 is 5.56. The number of fused-ring (bicyclic) bond motifs is 1. The molecule has 2 N–H and O–H groups in total. The van der Waals surface area contributed by atoms with E-state index in [1.54, 1.807) is 12.1 Å². The highest BCUT2D eigenvalue weighted by molar-refractivity contribution is 6.00. The normalized spacial score (nSPS) is 15.8. The fourth-order valence-electron chi connectivity index (χ4n) is 3.38. The summed E-state index contributed by atoms with van der Waals surface area (Å²) in [7, 11) is 0. The fraction of sp³-hybridized carbons (Fsp3) is 0.318. The van der Waals surface area contributed by atoms with Gasteiger partial charge in [-0.1, -0.05) is 30.3 Å². The second-order valence-corrected chi connectivity index (χ2v) is 7.13. The molecule has 2 aromatic carbocycles. The molecule has 0 spiro atoms. The van der Waals surface area contributed by atoms with Gasteiger partial charge in [0.1, 0.15) is 5.75 Å². The van der Waals surface area contributed by atoms with E-state index in [4.69, 9.17) is 21.9 Å². The van der Waals surface area contributed by atoms with Crippen molar-refractivity contribution < 1.29 is 14.4 Å². The van der Waals surface area contributed by atoms with Gasteiger partial charge in [-0.25, -0.2) is 9.64 Å². The van der Waals surface area contributed by atoms with Crippen LogP contribution in [-0.2, 0) is 11.3 Å². The highest BCUT2D eigenvalue weighted by atomic mass is 16.7. The van der Waals surface area contributed by atoms with Gasteiger partial charge in [0.15, 0.2) is 5.84 Å². The molecule has 0 saturated carbocycles. The van der Waals surface area contributed by atoms with Crippen LogP contribution in [0.1, 0.15) is 60.2 Å². The molecule has 0 unspecified atom stereocenters. The van der Waals surface area contributed by atoms with Gasteiger partial charge >= 0.3 is 5.97 Å². The minimum absolute atomic E-state index is 0.0713. The number of carbonyl (C=O) groups excluding carboxylic acids is 1. The van der Waals surface area contributed by atoms with Crippen LogP contribution in [0.3, 0.4) is 0 Å². The number of hydrogen-bond donors (Lipinski definition) is 1. The van der Waals surface area contributed by atoms with Crippen LogP contribution in [0.15, 0.2) is 41.6 Å². The summed E-state index contributed by atoms with van der Waals surface area (Å²) in [6, 6.07) is 10.5. The number of ether oxygens (including phenoxy) is 1. The summed E-state index contributed by atoms with van der Waals surface area (Å²) in [5.41, 5.74) is 9.77. The predicted octanol–water partition coefficient (Wildman–Crippen LogP) is 4.55. The first-order chi connectivity index (χ1) is 13.4. The molecule has 1 aliphatic carbocycles. The molecule has 1 aliphatic rings. The van der Waals surface area contributed by atoms with Gasteiger partial charge in [0, 0.05) is 5.56 Å². The van der Waals surface area contributed by atoms with Gasteiger partial charge in [0.2, 0.25) is 5.69 Å². The van der Waals surface area contributed by atoms with Gasteiger partial charge in [0.05, 0.1) is 18.2 Å². The van der Waals surface area contributed by atoms with E-state index in [2.05, 4.69) is 23.0 Å². The number of hydrogen-bond acceptors (Lipinski definition) is 4. The fourth-order valence-corrected chi connectivity index (χ4v) is 3.38. The molecule has 144 valence electrons. The molecule has 2 aromatic rings. The van der Waals surface area contributed by atoms with Gasteiger partial charge in [-0.15, -0.1) is 0 Å². The minimum atomic E-state index is -0.676. The molecular weight excluding hydrogens is 354 g/mol. The van der Waals surface area contributed by atoms with Crippen molar-refractivity contribution >= 4 is 17.5 Å². The minimum Gasteiger partial charge on any atom is -0.502 e. The monoisotopic (exact) mass is 377 g/mol. The number of rotatable bonds is 5.